The Hall–Kier alpha value is -5.68. The van der Waals surface area contributed by atoms with Gasteiger partial charge in [-0.2, -0.15) is 0 Å². The van der Waals surface area contributed by atoms with Gasteiger partial charge >= 0.3 is 0 Å². The number of anilines is 6. The average molecular weight is 897 g/mol. The van der Waals surface area contributed by atoms with E-state index in [0.717, 1.165) is 69.2 Å². The molecule has 2 aliphatic carbocycles. The van der Waals surface area contributed by atoms with E-state index in [0.29, 0.717) is 0 Å². The number of hydrogen-bond donors (Lipinski definition) is 0. The van der Waals surface area contributed by atoms with Gasteiger partial charge in [-0.3, -0.25) is 0 Å². The SMILES string of the molecule is Cc1cc2c3c(c1)N(c1ccc(C(C)(C)C)c4oc5ccccc5c14)c1c(oc4ccc(C(C)(C)C)cc14)B3c1cc3c(cc1N2c1ccc2c(c1)C(C)(C)CCC2(C)C)C(C)(C)CCC3(C)C. The highest BCUT2D eigenvalue weighted by Crippen LogP contribution is 2.55. The molecule has 4 nitrogen and oxygen atoms in total. The van der Waals surface area contributed by atoms with Gasteiger partial charge in [-0.25, -0.2) is 0 Å². The summed E-state index contributed by atoms with van der Waals surface area (Å²) in [7, 11) is 0. The Morgan fingerprint density at radius 2 is 1.12 bits per heavy atom. The monoisotopic (exact) mass is 897 g/mol. The Kier molecular flexibility index (Phi) is 8.83. The molecule has 0 fully saturated rings. The number of aryl methyl sites for hydroxylation is 1. The molecule has 4 heterocycles. The summed E-state index contributed by atoms with van der Waals surface area (Å²) in [6, 6.07) is 37.9. The Morgan fingerprint density at radius 3 is 1.78 bits per heavy atom. The van der Waals surface area contributed by atoms with Crippen molar-refractivity contribution in [2.75, 3.05) is 9.80 Å². The van der Waals surface area contributed by atoms with E-state index in [1.165, 1.54) is 79.0 Å². The highest BCUT2D eigenvalue weighted by Gasteiger charge is 2.50. The quantitative estimate of drug-likeness (QED) is 0.162. The zero-order valence-electron chi connectivity index (χ0n) is 43.4. The molecule has 0 bridgehead atoms. The number of nitrogens with zero attached hydrogens (tertiary/aromatic N) is 2. The molecule has 0 saturated carbocycles. The van der Waals surface area contributed by atoms with Crippen molar-refractivity contribution in [2.45, 2.75) is 162 Å². The lowest BCUT2D eigenvalue weighted by Crippen LogP contribution is -2.61. The molecule has 8 aromatic rings. The Labute approximate surface area is 405 Å². The third-order valence-electron chi connectivity index (χ3n) is 17.3. The van der Waals surface area contributed by atoms with Crippen LogP contribution in [0.3, 0.4) is 0 Å². The number of hydrogen-bond acceptors (Lipinski definition) is 4. The standard InChI is InChI=1S/C63H69BN2O2/c1-36-30-49-54-50(31-36)66(47-24-23-42(59(5,6)7)56-53(47)39-18-16-17-19-51(39)67-56)55-40-32-37(58(2,3)4)20-25-52(40)68-57(55)64(54)46-34-44-45(63(14,15)29-28-62(44,12)13)35-48(46)65(49)38-21-22-41-43(33-38)61(10,11)27-26-60(41,8)9/h16-25,30-35H,26-29H2,1-15H3. The third-order valence-corrected chi connectivity index (χ3v) is 17.3. The number of furan rings is 2. The summed E-state index contributed by atoms with van der Waals surface area (Å²) >= 11 is 0. The lowest BCUT2D eigenvalue weighted by atomic mass is 9.35. The highest BCUT2D eigenvalue weighted by atomic mass is 16.3. The van der Waals surface area contributed by atoms with Crippen molar-refractivity contribution < 1.29 is 8.83 Å². The maximum Gasteiger partial charge on any atom is 0.297 e. The van der Waals surface area contributed by atoms with Crippen LogP contribution >= 0.6 is 0 Å². The second-order valence-electron chi connectivity index (χ2n) is 26.0. The molecule has 0 spiro atoms. The first kappa shape index (κ1) is 43.6. The Morgan fingerprint density at radius 1 is 0.515 bits per heavy atom. The van der Waals surface area contributed by atoms with Gasteiger partial charge in [0, 0.05) is 39.1 Å². The average Bonchev–Trinajstić information content (AvgIpc) is 3.84. The maximum absolute atomic E-state index is 7.52. The molecule has 68 heavy (non-hydrogen) atoms. The molecule has 0 N–H and O–H groups in total. The number of fused-ring (bicyclic) bond motifs is 11. The fourth-order valence-corrected chi connectivity index (χ4v) is 13.0. The molecule has 346 valence electrons. The van der Waals surface area contributed by atoms with E-state index in [4.69, 9.17) is 8.83 Å². The molecule has 12 rings (SSSR count). The number of rotatable bonds is 2. The Bertz CT molecular complexity index is 3470. The van der Waals surface area contributed by atoms with Gasteiger partial charge in [0.25, 0.3) is 6.71 Å². The zero-order chi connectivity index (χ0) is 48.0. The van der Waals surface area contributed by atoms with Crippen molar-refractivity contribution in [2.24, 2.45) is 0 Å². The van der Waals surface area contributed by atoms with Gasteiger partial charge in [0.05, 0.1) is 22.4 Å². The van der Waals surface area contributed by atoms with Crippen molar-refractivity contribution in [3.8, 4) is 0 Å². The van der Waals surface area contributed by atoms with Crippen LogP contribution in [-0.2, 0) is 32.5 Å². The van der Waals surface area contributed by atoms with Crippen molar-refractivity contribution in [1.29, 1.82) is 0 Å². The molecule has 0 atom stereocenters. The molecule has 0 radical (unpaired) electrons. The molecular weight excluding hydrogens is 828 g/mol. The molecule has 0 unspecified atom stereocenters. The lowest BCUT2D eigenvalue weighted by Gasteiger charge is -2.47. The minimum Gasteiger partial charge on any atom is -0.468 e. The van der Waals surface area contributed by atoms with E-state index in [9.17, 15) is 0 Å². The van der Waals surface area contributed by atoms with Crippen LogP contribution < -0.4 is 26.4 Å². The second-order valence-corrected chi connectivity index (χ2v) is 26.0. The normalized spacial score (nSPS) is 18.7. The fraction of sp³-hybridized carbons (Fsp3) is 0.397. The predicted octanol–water partition coefficient (Wildman–Crippen LogP) is 16.0. The zero-order valence-corrected chi connectivity index (χ0v) is 43.4. The summed E-state index contributed by atoms with van der Waals surface area (Å²) in [5.41, 5.74) is 23.2. The molecular formula is C63H69BN2O2. The summed E-state index contributed by atoms with van der Waals surface area (Å²) in [6.45, 7) is 35.6. The summed E-state index contributed by atoms with van der Waals surface area (Å²) in [6.07, 6.45) is 4.65. The van der Waals surface area contributed by atoms with Crippen molar-refractivity contribution in [1.82, 2.24) is 0 Å². The van der Waals surface area contributed by atoms with E-state index < -0.39 is 0 Å². The Balaban J connectivity index is 1.24. The minimum absolute atomic E-state index is 0.0181. The molecule has 6 aromatic carbocycles. The largest absolute Gasteiger partial charge is 0.468 e. The van der Waals surface area contributed by atoms with Gasteiger partial charge in [0.15, 0.2) is 0 Å². The van der Waals surface area contributed by atoms with E-state index in [1.54, 1.807) is 0 Å². The summed E-state index contributed by atoms with van der Waals surface area (Å²) in [4.78, 5) is 5.24. The number of para-hydroxylation sites is 1. The molecule has 5 heteroatoms. The molecule has 0 saturated heterocycles. The summed E-state index contributed by atoms with van der Waals surface area (Å²) in [5.74, 6) is 0. The van der Waals surface area contributed by atoms with Crippen LogP contribution in [0.5, 0.6) is 0 Å². The minimum atomic E-state index is -0.145. The van der Waals surface area contributed by atoms with Crippen LogP contribution in [-0.4, -0.2) is 6.71 Å². The van der Waals surface area contributed by atoms with E-state index in [-0.39, 0.29) is 39.2 Å². The molecule has 2 aromatic heterocycles. The topological polar surface area (TPSA) is 32.8 Å². The van der Waals surface area contributed by atoms with Crippen LogP contribution in [0.1, 0.15) is 162 Å². The third kappa shape index (κ3) is 6.12. The summed E-state index contributed by atoms with van der Waals surface area (Å²) < 4.78 is 14.5. The van der Waals surface area contributed by atoms with Crippen LogP contribution in [0.2, 0.25) is 0 Å². The van der Waals surface area contributed by atoms with Crippen molar-refractivity contribution >= 4 is 90.3 Å². The number of benzene rings is 6. The van der Waals surface area contributed by atoms with Gasteiger partial charge in [0.1, 0.15) is 16.7 Å². The molecule has 0 amide bonds. The second kappa shape index (κ2) is 13.8. The van der Waals surface area contributed by atoms with Crippen LogP contribution in [0.25, 0.3) is 32.9 Å². The van der Waals surface area contributed by atoms with Gasteiger partial charge < -0.3 is 18.6 Å². The van der Waals surface area contributed by atoms with Gasteiger partial charge in [-0.05, 0) is 164 Å². The van der Waals surface area contributed by atoms with Crippen LogP contribution in [0, 0.1) is 6.92 Å². The van der Waals surface area contributed by atoms with Crippen molar-refractivity contribution in [3.63, 3.8) is 0 Å². The maximum atomic E-state index is 7.52. The first-order valence-electron chi connectivity index (χ1n) is 25.5. The van der Waals surface area contributed by atoms with Gasteiger partial charge in [-0.1, -0.05) is 139 Å². The van der Waals surface area contributed by atoms with Crippen LogP contribution in [0.15, 0.2) is 106 Å². The molecule has 4 aliphatic rings. The van der Waals surface area contributed by atoms with E-state index >= 15 is 0 Å². The van der Waals surface area contributed by atoms with Crippen molar-refractivity contribution in [3.05, 3.63) is 136 Å². The fourth-order valence-electron chi connectivity index (χ4n) is 13.0. The molecule has 2 aliphatic heterocycles. The summed E-state index contributed by atoms with van der Waals surface area (Å²) in [5, 5.41) is 3.41. The first-order chi connectivity index (χ1) is 31.9. The van der Waals surface area contributed by atoms with Crippen LogP contribution in [0.4, 0.5) is 34.1 Å². The smallest absolute Gasteiger partial charge is 0.297 e. The van der Waals surface area contributed by atoms with E-state index in [1.807, 2.05) is 0 Å². The predicted molar refractivity (Wildman–Crippen MR) is 290 cm³/mol. The van der Waals surface area contributed by atoms with E-state index in [2.05, 4.69) is 211 Å². The van der Waals surface area contributed by atoms with Gasteiger partial charge in [0.2, 0.25) is 0 Å². The van der Waals surface area contributed by atoms with Gasteiger partial charge in [-0.15, -0.1) is 0 Å². The first-order valence-corrected chi connectivity index (χ1v) is 25.5. The lowest BCUT2D eigenvalue weighted by molar-refractivity contribution is 0.332. The highest BCUT2D eigenvalue weighted by molar-refractivity contribution is 7.00.